The molecule has 3 aromatic carbocycles. The van der Waals surface area contributed by atoms with E-state index in [1.165, 1.54) is 0 Å². The van der Waals surface area contributed by atoms with Gasteiger partial charge < -0.3 is 18.9 Å². The van der Waals surface area contributed by atoms with Crippen molar-refractivity contribution in [1.82, 2.24) is 4.98 Å². The fraction of sp³-hybridized carbons (Fsp3) is 0.0833. The largest absolute Gasteiger partial charge is 0.496 e. The van der Waals surface area contributed by atoms with Crippen molar-refractivity contribution in [2.45, 2.75) is 0 Å². The van der Waals surface area contributed by atoms with E-state index in [9.17, 15) is 0 Å². The van der Waals surface area contributed by atoms with E-state index in [1.807, 2.05) is 36.4 Å². The SMILES string of the molecule is COc1cc(OC)c2c(-c3ccc(Br)cc3)c(-c3cc4ccccc4[nH]3)oc2c1. The quantitative estimate of drug-likeness (QED) is 0.321. The fourth-order valence-electron chi connectivity index (χ4n) is 3.72. The normalized spacial score (nSPS) is 11.3. The van der Waals surface area contributed by atoms with Crippen molar-refractivity contribution in [1.29, 1.82) is 0 Å². The molecule has 0 saturated heterocycles. The van der Waals surface area contributed by atoms with E-state index < -0.39 is 0 Å². The van der Waals surface area contributed by atoms with E-state index in [-0.39, 0.29) is 0 Å². The van der Waals surface area contributed by atoms with Gasteiger partial charge in [0.2, 0.25) is 0 Å². The van der Waals surface area contributed by atoms with E-state index >= 15 is 0 Å². The molecule has 0 bridgehead atoms. The number of hydrogen-bond acceptors (Lipinski definition) is 3. The van der Waals surface area contributed by atoms with Crippen molar-refractivity contribution in [2.24, 2.45) is 0 Å². The number of aromatic amines is 1. The van der Waals surface area contributed by atoms with E-state index in [2.05, 4.69) is 51.2 Å². The molecule has 0 amide bonds. The molecule has 0 saturated carbocycles. The van der Waals surface area contributed by atoms with Crippen LogP contribution < -0.4 is 9.47 Å². The van der Waals surface area contributed by atoms with Crippen LogP contribution in [0.3, 0.4) is 0 Å². The Morgan fingerprint density at radius 2 is 1.69 bits per heavy atom. The van der Waals surface area contributed by atoms with Gasteiger partial charge in [-0.15, -0.1) is 0 Å². The second kappa shape index (κ2) is 7.01. The highest BCUT2D eigenvalue weighted by molar-refractivity contribution is 9.10. The molecule has 2 heterocycles. The highest BCUT2D eigenvalue weighted by Crippen LogP contribution is 2.46. The van der Waals surface area contributed by atoms with Crippen LogP contribution in [0.1, 0.15) is 0 Å². The zero-order valence-electron chi connectivity index (χ0n) is 16.0. The van der Waals surface area contributed by atoms with Gasteiger partial charge in [-0.2, -0.15) is 0 Å². The first-order valence-corrected chi connectivity index (χ1v) is 10.00. The number of nitrogens with one attached hydrogen (secondary N) is 1. The first-order chi connectivity index (χ1) is 14.2. The minimum atomic E-state index is 0.689. The van der Waals surface area contributed by atoms with E-state index in [4.69, 9.17) is 13.9 Å². The maximum Gasteiger partial charge on any atom is 0.159 e. The van der Waals surface area contributed by atoms with Gasteiger partial charge in [0.05, 0.1) is 25.3 Å². The molecule has 0 fully saturated rings. The lowest BCUT2D eigenvalue weighted by Gasteiger charge is -2.08. The van der Waals surface area contributed by atoms with Crippen LogP contribution in [0.4, 0.5) is 0 Å². The molecule has 1 N–H and O–H groups in total. The van der Waals surface area contributed by atoms with Crippen LogP contribution in [0.5, 0.6) is 11.5 Å². The van der Waals surface area contributed by atoms with E-state index in [0.717, 1.165) is 43.3 Å². The Hall–Kier alpha value is -3.18. The number of halogens is 1. The summed E-state index contributed by atoms with van der Waals surface area (Å²) >= 11 is 3.52. The Morgan fingerprint density at radius 3 is 2.41 bits per heavy atom. The summed E-state index contributed by atoms with van der Waals surface area (Å²) in [5.41, 5.74) is 4.73. The second-order valence-corrected chi connectivity index (χ2v) is 7.70. The smallest absolute Gasteiger partial charge is 0.159 e. The maximum atomic E-state index is 6.38. The molecule has 0 atom stereocenters. The van der Waals surface area contributed by atoms with Crippen LogP contribution in [0.25, 0.3) is 44.5 Å². The zero-order valence-corrected chi connectivity index (χ0v) is 17.5. The summed E-state index contributed by atoms with van der Waals surface area (Å²) in [5.74, 6) is 2.17. The lowest BCUT2D eigenvalue weighted by atomic mass is 10.00. The Bertz CT molecular complexity index is 1300. The van der Waals surface area contributed by atoms with Crippen molar-refractivity contribution in [3.8, 4) is 34.1 Å². The van der Waals surface area contributed by atoms with Crippen molar-refractivity contribution in [2.75, 3.05) is 14.2 Å². The number of benzene rings is 3. The first-order valence-electron chi connectivity index (χ1n) is 9.20. The number of furan rings is 1. The van der Waals surface area contributed by atoms with Crippen LogP contribution in [0.2, 0.25) is 0 Å². The molecule has 144 valence electrons. The van der Waals surface area contributed by atoms with Crippen LogP contribution in [-0.4, -0.2) is 19.2 Å². The Morgan fingerprint density at radius 1 is 0.897 bits per heavy atom. The number of para-hydroxylation sites is 1. The standard InChI is InChI=1S/C24H18BrNO3/c1-27-17-12-20(28-2)23-21(13-17)29-24(22(23)14-7-9-16(25)10-8-14)19-11-15-5-3-4-6-18(15)26-19/h3-13,26H,1-2H3. The average molecular weight is 448 g/mol. The third kappa shape index (κ3) is 2.98. The summed E-state index contributed by atoms with van der Waals surface area (Å²) in [6, 6.07) is 22.3. The zero-order chi connectivity index (χ0) is 20.0. The summed E-state index contributed by atoms with van der Waals surface area (Å²) in [5, 5.41) is 2.05. The molecule has 0 unspecified atom stereocenters. The van der Waals surface area contributed by atoms with Crippen LogP contribution in [0, 0.1) is 0 Å². The molecule has 5 heteroatoms. The molecule has 5 rings (SSSR count). The lowest BCUT2D eigenvalue weighted by molar-refractivity contribution is 0.397. The first kappa shape index (κ1) is 17.9. The van der Waals surface area contributed by atoms with Crippen molar-refractivity contribution < 1.29 is 13.9 Å². The minimum absolute atomic E-state index is 0.689. The Labute approximate surface area is 176 Å². The van der Waals surface area contributed by atoms with Gasteiger partial charge in [-0.3, -0.25) is 0 Å². The molecular formula is C24H18BrNO3. The van der Waals surface area contributed by atoms with Gasteiger partial charge in [0.1, 0.15) is 17.1 Å². The highest BCUT2D eigenvalue weighted by Gasteiger charge is 2.23. The van der Waals surface area contributed by atoms with Crippen molar-refractivity contribution >= 4 is 37.8 Å². The molecule has 0 spiro atoms. The van der Waals surface area contributed by atoms with Gasteiger partial charge >= 0.3 is 0 Å². The predicted molar refractivity (Wildman–Crippen MR) is 120 cm³/mol. The van der Waals surface area contributed by atoms with E-state index in [0.29, 0.717) is 17.1 Å². The van der Waals surface area contributed by atoms with Gasteiger partial charge in [-0.25, -0.2) is 0 Å². The summed E-state index contributed by atoms with van der Waals surface area (Å²) in [6.07, 6.45) is 0. The summed E-state index contributed by atoms with van der Waals surface area (Å²) in [4.78, 5) is 3.49. The number of aromatic nitrogens is 1. The second-order valence-electron chi connectivity index (χ2n) is 6.79. The summed E-state index contributed by atoms with van der Waals surface area (Å²) in [6.45, 7) is 0. The monoisotopic (exact) mass is 447 g/mol. The van der Waals surface area contributed by atoms with Crippen LogP contribution >= 0.6 is 15.9 Å². The summed E-state index contributed by atoms with van der Waals surface area (Å²) in [7, 11) is 3.30. The molecule has 29 heavy (non-hydrogen) atoms. The molecular weight excluding hydrogens is 430 g/mol. The molecule has 4 nitrogen and oxygen atoms in total. The Balaban J connectivity index is 1.86. The predicted octanol–water partition coefficient (Wildman–Crippen LogP) is 7.03. The number of hydrogen-bond donors (Lipinski definition) is 1. The van der Waals surface area contributed by atoms with Gasteiger partial charge in [-0.1, -0.05) is 46.3 Å². The molecule has 0 aliphatic heterocycles. The number of ether oxygens (including phenoxy) is 2. The molecule has 0 aliphatic carbocycles. The lowest BCUT2D eigenvalue weighted by Crippen LogP contribution is -1.89. The molecule has 0 aliphatic rings. The maximum absolute atomic E-state index is 6.38. The third-order valence-corrected chi connectivity index (χ3v) is 5.62. The van der Waals surface area contributed by atoms with Crippen LogP contribution in [0.15, 0.2) is 75.6 Å². The number of fused-ring (bicyclic) bond motifs is 2. The van der Waals surface area contributed by atoms with Crippen molar-refractivity contribution in [3.63, 3.8) is 0 Å². The number of methoxy groups -OCH3 is 2. The molecule has 2 aromatic heterocycles. The molecule has 0 radical (unpaired) electrons. The van der Waals surface area contributed by atoms with Gasteiger partial charge in [0, 0.05) is 33.1 Å². The van der Waals surface area contributed by atoms with Gasteiger partial charge in [-0.05, 0) is 29.8 Å². The fourth-order valence-corrected chi connectivity index (χ4v) is 3.99. The number of H-pyrrole nitrogens is 1. The average Bonchev–Trinajstić information content (AvgIpc) is 3.35. The van der Waals surface area contributed by atoms with Gasteiger partial charge in [0.25, 0.3) is 0 Å². The Kier molecular flexibility index (Phi) is 4.32. The molecule has 5 aromatic rings. The summed E-state index contributed by atoms with van der Waals surface area (Å²) < 4.78 is 18.5. The van der Waals surface area contributed by atoms with Gasteiger partial charge in [0.15, 0.2) is 5.76 Å². The minimum Gasteiger partial charge on any atom is -0.496 e. The van der Waals surface area contributed by atoms with E-state index in [1.54, 1.807) is 14.2 Å². The topological polar surface area (TPSA) is 47.4 Å². The number of rotatable bonds is 4. The van der Waals surface area contributed by atoms with Crippen molar-refractivity contribution in [3.05, 3.63) is 71.2 Å². The van der Waals surface area contributed by atoms with Crippen LogP contribution in [-0.2, 0) is 0 Å². The third-order valence-electron chi connectivity index (χ3n) is 5.09. The highest BCUT2D eigenvalue weighted by atomic mass is 79.9.